The molecule has 4 atom stereocenters. The van der Waals surface area contributed by atoms with Gasteiger partial charge in [0.2, 0.25) is 11.8 Å². The Bertz CT molecular complexity index is 591. The minimum atomic E-state index is -1.13. The summed E-state index contributed by atoms with van der Waals surface area (Å²) in [5.41, 5.74) is 5.19. The number of fused-ring (bicyclic) bond motifs is 1. The molecule has 2 fully saturated rings. The molecule has 2 rings (SSSR count). The van der Waals surface area contributed by atoms with Crippen LogP contribution in [0.5, 0.6) is 0 Å². The Morgan fingerprint density at radius 3 is 2.50 bits per heavy atom. The molecule has 26 heavy (non-hydrogen) atoms. The zero-order valence-electron chi connectivity index (χ0n) is 15.6. The van der Waals surface area contributed by atoms with Gasteiger partial charge >= 0.3 is 0 Å². The maximum absolute atomic E-state index is 12.5. The lowest BCUT2D eigenvalue weighted by Crippen LogP contribution is -2.46. The van der Waals surface area contributed by atoms with Crippen molar-refractivity contribution in [1.82, 2.24) is 9.80 Å². The van der Waals surface area contributed by atoms with Gasteiger partial charge in [-0.15, -0.1) is 0 Å². The van der Waals surface area contributed by atoms with Gasteiger partial charge in [0.05, 0.1) is 19.0 Å². The standard InChI is InChI=1S/C18H28N3O5/c1-10(2)8-13(22)18(26)21-9-14(23)16-12(21)6-7-20(16)15(24)5-4-11(3)17(19)25/h5,10-13,16,22H,4,6-9H2,1-3H3,(H2,19,25). The van der Waals surface area contributed by atoms with Gasteiger partial charge in [0.25, 0.3) is 5.91 Å². The summed E-state index contributed by atoms with van der Waals surface area (Å²) in [6, 6.07) is -1.06. The maximum Gasteiger partial charge on any atom is 0.252 e. The van der Waals surface area contributed by atoms with E-state index in [0.29, 0.717) is 19.4 Å². The van der Waals surface area contributed by atoms with E-state index < -0.39 is 29.9 Å². The van der Waals surface area contributed by atoms with Crippen LogP contribution < -0.4 is 5.73 Å². The molecular formula is C18H28N3O5. The summed E-state index contributed by atoms with van der Waals surface area (Å²) < 4.78 is 0. The zero-order valence-corrected chi connectivity index (χ0v) is 15.6. The third kappa shape index (κ3) is 4.23. The fourth-order valence-corrected chi connectivity index (χ4v) is 3.61. The van der Waals surface area contributed by atoms with E-state index in [1.165, 1.54) is 16.2 Å². The fourth-order valence-electron chi connectivity index (χ4n) is 3.61. The molecule has 3 amide bonds. The van der Waals surface area contributed by atoms with Crippen LogP contribution in [0, 0.1) is 18.3 Å². The molecule has 0 saturated carbocycles. The Morgan fingerprint density at radius 1 is 1.27 bits per heavy atom. The van der Waals surface area contributed by atoms with E-state index in [1.54, 1.807) is 6.92 Å². The van der Waals surface area contributed by atoms with Gasteiger partial charge in [-0.05, 0) is 25.2 Å². The second-order valence-electron chi connectivity index (χ2n) is 7.65. The Balaban J connectivity index is 2.01. The Morgan fingerprint density at radius 2 is 1.92 bits per heavy atom. The van der Waals surface area contributed by atoms with Crippen molar-refractivity contribution in [2.45, 2.75) is 58.2 Å². The lowest BCUT2D eigenvalue weighted by Gasteiger charge is -2.26. The van der Waals surface area contributed by atoms with Crippen LogP contribution in [0.1, 0.15) is 40.0 Å². The number of aliphatic hydroxyl groups is 1. The molecule has 1 radical (unpaired) electrons. The first kappa shape index (κ1) is 20.4. The van der Waals surface area contributed by atoms with Crippen molar-refractivity contribution in [3.63, 3.8) is 0 Å². The first-order valence-electron chi connectivity index (χ1n) is 9.07. The zero-order chi connectivity index (χ0) is 19.6. The first-order valence-corrected chi connectivity index (χ1v) is 9.07. The van der Waals surface area contributed by atoms with Gasteiger partial charge in [0, 0.05) is 12.5 Å². The number of nitrogens with two attached hydrogens (primary N) is 1. The normalized spacial score (nSPS) is 24.7. The van der Waals surface area contributed by atoms with Gasteiger partial charge in [0.15, 0.2) is 5.78 Å². The summed E-state index contributed by atoms with van der Waals surface area (Å²) in [5, 5.41) is 10.1. The molecule has 145 valence electrons. The van der Waals surface area contributed by atoms with Gasteiger partial charge < -0.3 is 20.6 Å². The van der Waals surface area contributed by atoms with Crippen molar-refractivity contribution in [1.29, 1.82) is 0 Å². The second-order valence-corrected chi connectivity index (χ2v) is 7.65. The average molecular weight is 366 g/mol. The predicted octanol–water partition coefficient (Wildman–Crippen LogP) is -0.510. The van der Waals surface area contributed by atoms with Gasteiger partial charge in [-0.25, -0.2) is 0 Å². The van der Waals surface area contributed by atoms with E-state index in [9.17, 15) is 24.3 Å². The number of ketones is 1. The predicted molar refractivity (Wildman–Crippen MR) is 93.4 cm³/mol. The van der Waals surface area contributed by atoms with Crippen molar-refractivity contribution in [3.05, 3.63) is 6.42 Å². The Kier molecular flexibility index (Phi) is 6.39. The molecule has 8 nitrogen and oxygen atoms in total. The smallest absolute Gasteiger partial charge is 0.252 e. The Labute approximate surface area is 153 Å². The van der Waals surface area contributed by atoms with E-state index in [2.05, 4.69) is 0 Å². The van der Waals surface area contributed by atoms with Gasteiger partial charge in [-0.3, -0.25) is 19.2 Å². The minimum Gasteiger partial charge on any atom is -0.383 e. The number of aliphatic hydroxyl groups excluding tert-OH is 1. The Hall–Kier alpha value is -1.96. The maximum atomic E-state index is 12.5. The molecule has 2 aliphatic heterocycles. The number of carbonyl (C=O) groups is 4. The van der Waals surface area contributed by atoms with Crippen LogP contribution in [0.15, 0.2) is 0 Å². The molecular weight excluding hydrogens is 338 g/mol. The molecule has 3 N–H and O–H groups in total. The number of amides is 3. The molecule has 0 bridgehead atoms. The number of carbonyl (C=O) groups excluding carboxylic acids is 4. The van der Waals surface area contributed by atoms with E-state index >= 15 is 0 Å². The lowest BCUT2D eigenvalue weighted by molar-refractivity contribution is -0.142. The molecule has 0 aromatic rings. The summed E-state index contributed by atoms with van der Waals surface area (Å²) in [4.78, 5) is 51.3. The number of hydrogen-bond acceptors (Lipinski definition) is 5. The van der Waals surface area contributed by atoms with Crippen molar-refractivity contribution >= 4 is 23.5 Å². The molecule has 2 heterocycles. The molecule has 0 aliphatic carbocycles. The van der Waals surface area contributed by atoms with Crippen LogP contribution >= 0.6 is 0 Å². The van der Waals surface area contributed by atoms with E-state index in [1.807, 2.05) is 13.8 Å². The van der Waals surface area contributed by atoms with E-state index in [4.69, 9.17) is 5.73 Å². The van der Waals surface area contributed by atoms with Crippen molar-refractivity contribution in [2.24, 2.45) is 17.6 Å². The number of Topliss-reactive ketones (excluding diaryl/α,β-unsaturated/α-hetero) is 1. The molecule has 2 saturated heterocycles. The highest BCUT2D eigenvalue weighted by atomic mass is 16.3. The molecule has 0 aromatic carbocycles. The topological polar surface area (TPSA) is 121 Å². The monoisotopic (exact) mass is 366 g/mol. The largest absolute Gasteiger partial charge is 0.383 e. The number of rotatable bonds is 7. The summed E-state index contributed by atoms with van der Waals surface area (Å²) in [5.74, 6) is -1.74. The van der Waals surface area contributed by atoms with Crippen molar-refractivity contribution in [2.75, 3.05) is 13.1 Å². The van der Waals surface area contributed by atoms with Gasteiger partial charge in [-0.2, -0.15) is 0 Å². The quantitative estimate of drug-likeness (QED) is 0.629. The fraction of sp³-hybridized carbons (Fsp3) is 0.722. The number of nitrogens with zero attached hydrogens (tertiary/aromatic N) is 2. The van der Waals surface area contributed by atoms with Crippen LogP contribution in [-0.4, -0.2) is 69.7 Å². The van der Waals surface area contributed by atoms with Crippen LogP contribution in [-0.2, 0) is 19.2 Å². The lowest BCUT2D eigenvalue weighted by atomic mass is 10.0. The molecule has 0 aromatic heterocycles. The SMILES string of the molecule is CC(C)CC(O)C(=O)N1CC(=O)C2C1CCN2C(=O)[CH]CC(C)C(N)=O. The van der Waals surface area contributed by atoms with E-state index in [0.717, 1.165) is 0 Å². The van der Waals surface area contributed by atoms with Gasteiger partial charge in [-0.1, -0.05) is 20.8 Å². The van der Waals surface area contributed by atoms with Crippen LogP contribution in [0.4, 0.5) is 0 Å². The highest BCUT2D eigenvalue weighted by Crippen LogP contribution is 2.31. The highest BCUT2D eigenvalue weighted by Gasteiger charge is 2.51. The average Bonchev–Trinajstić information content (AvgIpc) is 3.12. The third-order valence-electron chi connectivity index (χ3n) is 5.10. The van der Waals surface area contributed by atoms with Crippen molar-refractivity contribution < 1.29 is 24.3 Å². The first-order chi connectivity index (χ1) is 12.1. The van der Waals surface area contributed by atoms with Crippen molar-refractivity contribution in [3.8, 4) is 0 Å². The minimum absolute atomic E-state index is 0.0786. The molecule has 0 spiro atoms. The van der Waals surface area contributed by atoms with Crippen LogP contribution in [0.25, 0.3) is 0 Å². The molecule has 4 unspecified atom stereocenters. The summed E-state index contributed by atoms with van der Waals surface area (Å²) in [6.45, 7) is 5.74. The second kappa shape index (κ2) is 8.16. The number of primary amides is 1. The summed E-state index contributed by atoms with van der Waals surface area (Å²) in [6.07, 6.45) is 1.30. The highest BCUT2D eigenvalue weighted by molar-refractivity contribution is 5.99. The van der Waals surface area contributed by atoms with Crippen LogP contribution in [0.2, 0.25) is 0 Å². The summed E-state index contributed by atoms with van der Waals surface area (Å²) >= 11 is 0. The number of hydrogen-bond donors (Lipinski definition) is 2. The van der Waals surface area contributed by atoms with Crippen LogP contribution in [0.3, 0.4) is 0 Å². The summed E-state index contributed by atoms with van der Waals surface area (Å²) in [7, 11) is 0. The molecule has 8 heteroatoms. The van der Waals surface area contributed by atoms with Gasteiger partial charge in [0.1, 0.15) is 12.1 Å². The third-order valence-corrected chi connectivity index (χ3v) is 5.10. The number of likely N-dealkylation sites (tertiary alicyclic amines) is 2. The molecule has 2 aliphatic rings. The van der Waals surface area contributed by atoms with E-state index in [-0.39, 0.29) is 36.6 Å².